The fourth-order valence-corrected chi connectivity index (χ4v) is 2.85. The molecule has 0 saturated carbocycles. The first-order valence-corrected chi connectivity index (χ1v) is 7.91. The van der Waals surface area contributed by atoms with Gasteiger partial charge < -0.3 is 10.2 Å². The van der Waals surface area contributed by atoms with Crippen molar-refractivity contribution in [3.63, 3.8) is 0 Å². The van der Waals surface area contributed by atoms with E-state index in [1.165, 1.54) is 5.57 Å². The number of hydrogen-bond donors (Lipinski definition) is 2. The van der Waals surface area contributed by atoms with E-state index in [0.717, 1.165) is 28.7 Å². The molecule has 0 aliphatic heterocycles. The third-order valence-corrected chi connectivity index (χ3v) is 4.00. The molecule has 0 aliphatic carbocycles. The highest BCUT2D eigenvalue weighted by Gasteiger charge is 2.13. The SMILES string of the molecule is CCC(=C(c1ccc(O)cc1)c1ccc(O)cc1)c1ccncc1. The molecule has 1 aromatic heterocycles. The lowest BCUT2D eigenvalue weighted by molar-refractivity contribution is 0.475. The van der Waals surface area contributed by atoms with E-state index in [1.54, 1.807) is 36.7 Å². The Labute approximate surface area is 141 Å². The molecule has 0 spiro atoms. The molecule has 3 heteroatoms. The molecular formula is C21H19NO2. The highest BCUT2D eigenvalue weighted by Crippen LogP contribution is 2.35. The van der Waals surface area contributed by atoms with Crippen LogP contribution in [0, 0.1) is 0 Å². The first kappa shape index (κ1) is 15.8. The number of phenolic OH excluding ortho intramolecular Hbond substituents is 2. The maximum atomic E-state index is 9.60. The number of nitrogens with zero attached hydrogens (tertiary/aromatic N) is 1. The van der Waals surface area contributed by atoms with Crippen LogP contribution >= 0.6 is 0 Å². The minimum atomic E-state index is 0.241. The summed E-state index contributed by atoms with van der Waals surface area (Å²) in [7, 11) is 0. The lowest BCUT2D eigenvalue weighted by atomic mass is 9.88. The smallest absolute Gasteiger partial charge is 0.115 e. The maximum Gasteiger partial charge on any atom is 0.115 e. The predicted octanol–water partition coefficient (Wildman–Crippen LogP) is 4.86. The summed E-state index contributed by atoms with van der Waals surface area (Å²) in [5.41, 5.74) is 5.43. The number of hydrogen-bond acceptors (Lipinski definition) is 3. The van der Waals surface area contributed by atoms with Gasteiger partial charge in [-0.2, -0.15) is 0 Å². The molecule has 0 fully saturated rings. The second-order valence-corrected chi connectivity index (χ2v) is 5.54. The van der Waals surface area contributed by atoms with Crippen LogP contribution in [0.15, 0.2) is 73.1 Å². The number of aromatic nitrogens is 1. The van der Waals surface area contributed by atoms with Gasteiger partial charge in [-0.05, 0) is 70.7 Å². The number of rotatable bonds is 4. The third kappa shape index (κ3) is 3.30. The molecular weight excluding hydrogens is 298 g/mol. The van der Waals surface area contributed by atoms with Gasteiger partial charge in [0.2, 0.25) is 0 Å². The average molecular weight is 317 g/mol. The summed E-state index contributed by atoms with van der Waals surface area (Å²) in [6.45, 7) is 2.12. The van der Waals surface area contributed by atoms with Gasteiger partial charge in [-0.25, -0.2) is 0 Å². The van der Waals surface area contributed by atoms with Crippen molar-refractivity contribution in [2.45, 2.75) is 13.3 Å². The first-order valence-electron chi connectivity index (χ1n) is 7.91. The second-order valence-electron chi connectivity index (χ2n) is 5.54. The topological polar surface area (TPSA) is 53.4 Å². The van der Waals surface area contributed by atoms with E-state index in [4.69, 9.17) is 0 Å². The third-order valence-electron chi connectivity index (χ3n) is 4.00. The lowest BCUT2D eigenvalue weighted by Crippen LogP contribution is -1.95. The minimum Gasteiger partial charge on any atom is -0.508 e. The second kappa shape index (κ2) is 7.01. The molecule has 0 aliphatic rings. The molecule has 120 valence electrons. The van der Waals surface area contributed by atoms with Gasteiger partial charge in [0.25, 0.3) is 0 Å². The van der Waals surface area contributed by atoms with E-state index in [0.29, 0.717) is 0 Å². The summed E-state index contributed by atoms with van der Waals surface area (Å²) >= 11 is 0. The van der Waals surface area contributed by atoms with Gasteiger partial charge in [-0.1, -0.05) is 31.2 Å². The van der Waals surface area contributed by atoms with E-state index < -0.39 is 0 Å². The van der Waals surface area contributed by atoms with Gasteiger partial charge >= 0.3 is 0 Å². The van der Waals surface area contributed by atoms with Crippen molar-refractivity contribution in [3.8, 4) is 11.5 Å². The molecule has 0 bridgehead atoms. The molecule has 3 nitrogen and oxygen atoms in total. The standard InChI is InChI=1S/C21H19NO2/c1-2-20(15-11-13-22-14-12-15)21(16-3-7-18(23)8-4-16)17-5-9-19(24)10-6-17/h3-14,23-24H,2H2,1H3. The molecule has 0 unspecified atom stereocenters. The Kier molecular flexibility index (Phi) is 4.62. The van der Waals surface area contributed by atoms with E-state index >= 15 is 0 Å². The van der Waals surface area contributed by atoms with Crippen LogP contribution in [-0.4, -0.2) is 15.2 Å². The van der Waals surface area contributed by atoms with E-state index in [2.05, 4.69) is 11.9 Å². The summed E-state index contributed by atoms with van der Waals surface area (Å²) in [4.78, 5) is 4.10. The Hall–Kier alpha value is -3.07. The molecule has 0 radical (unpaired) electrons. The van der Waals surface area contributed by atoms with Crippen LogP contribution in [0.4, 0.5) is 0 Å². The zero-order valence-electron chi connectivity index (χ0n) is 13.5. The van der Waals surface area contributed by atoms with E-state index in [9.17, 15) is 10.2 Å². The molecule has 0 saturated heterocycles. The normalized spacial score (nSPS) is 10.4. The zero-order chi connectivity index (χ0) is 16.9. The van der Waals surface area contributed by atoms with Crippen molar-refractivity contribution in [1.82, 2.24) is 4.98 Å². The van der Waals surface area contributed by atoms with Crippen LogP contribution in [0.3, 0.4) is 0 Å². The van der Waals surface area contributed by atoms with Gasteiger partial charge in [0.05, 0.1) is 0 Å². The van der Waals surface area contributed by atoms with Crippen molar-refractivity contribution in [2.75, 3.05) is 0 Å². The fourth-order valence-electron chi connectivity index (χ4n) is 2.85. The monoisotopic (exact) mass is 317 g/mol. The van der Waals surface area contributed by atoms with Gasteiger partial charge in [-0.3, -0.25) is 4.98 Å². The molecule has 3 rings (SSSR count). The Morgan fingerprint density at radius 2 is 1.17 bits per heavy atom. The van der Waals surface area contributed by atoms with Crippen molar-refractivity contribution in [1.29, 1.82) is 0 Å². The van der Waals surface area contributed by atoms with Gasteiger partial charge in [0.1, 0.15) is 11.5 Å². The highest BCUT2D eigenvalue weighted by molar-refractivity contribution is 5.98. The van der Waals surface area contributed by atoms with Crippen LogP contribution < -0.4 is 0 Å². The summed E-state index contributed by atoms with van der Waals surface area (Å²) in [6, 6.07) is 18.4. The molecule has 0 amide bonds. The minimum absolute atomic E-state index is 0.241. The zero-order valence-corrected chi connectivity index (χ0v) is 13.5. The molecule has 2 aromatic carbocycles. The molecule has 24 heavy (non-hydrogen) atoms. The van der Waals surface area contributed by atoms with Crippen LogP contribution in [0.2, 0.25) is 0 Å². The van der Waals surface area contributed by atoms with Crippen LogP contribution in [-0.2, 0) is 0 Å². The highest BCUT2D eigenvalue weighted by atomic mass is 16.3. The summed E-state index contributed by atoms with van der Waals surface area (Å²) in [5.74, 6) is 0.483. The van der Waals surface area contributed by atoms with Crippen molar-refractivity contribution < 1.29 is 10.2 Å². The molecule has 0 atom stereocenters. The van der Waals surface area contributed by atoms with Crippen LogP contribution in [0.5, 0.6) is 11.5 Å². The molecule has 2 N–H and O–H groups in total. The molecule has 3 aromatic rings. The number of phenols is 2. The van der Waals surface area contributed by atoms with Crippen LogP contribution in [0.25, 0.3) is 11.1 Å². The summed E-state index contributed by atoms with van der Waals surface area (Å²) < 4.78 is 0. The largest absolute Gasteiger partial charge is 0.508 e. The van der Waals surface area contributed by atoms with Crippen molar-refractivity contribution in [2.24, 2.45) is 0 Å². The Morgan fingerprint density at radius 1 is 0.708 bits per heavy atom. The van der Waals surface area contributed by atoms with E-state index in [1.807, 2.05) is 36.4 Å². The van der Waals surface area contributed by atoms with Crippen molar-refractivity contribution >= 4 is 11.1 Å². The quantitative estimate of drug-likeness (QED) is 0.722. The van der Waals surface area contributed by atoms with Gasteiger partial charge in [0.15, 0.2) is 0 Å². The van der Waals surface area contributed by atoms with E-state index in [-0.39, 0.29) is 11.5 Å². The Bertz CT molecular complexity index is 788. The lowest BCUT2D eigenvalue weighted by Gasteiger charge is -2.16. The number of allylic oxidation sites excluding steroid dienone is 1. The van der Waals surface area contributed by atoms with Crippen LogP contribution in [0.1, 0.15) is 30.0 Å². The van der Waals surface area contributed by atoms with Crippen molar-refractivity contribution in [3.05, 3.63) is 89.7 Å². The number of pyridine rings is 1. The number of aromatic hydroxyl groups is 2. The van der Waals surface area contributed by atoms with Gasteiger partial charge in [0, 0.05) is 12.4 Å². The Balaban J connectivity index is 2.26. The Morgan fingerprint density at radius 3 is 1.58 bits per heavy atom. The van der Waals surface area contributed by atoms with Gasteiger partial charge in [-0.15, -0.1) is 0 Å². The number of benzene rings is 2. The summed E-state index contributed by atoms with van der Waals surface area (Å²) in [5, 5.41) is 19.2. The predicted molar refractivity (Wildman–Crippen MR) is 96.7 cm³/mol. The average Bonchev–Trinajstić information content (AvgIpc) is 2.62. The first-order chi connectivity index (χ1) is 11.7. The maximum absolute atomic E-state index is 9.60. The fraction of sp³-hybridized carbons (Fsp3) is 0.0952. The summed E-state index contributed by atoms with van der Waals surface area (Å²) in [6.07, 6.45) is 4.42. The molecule has 1 heterocycles.